The molecule has 0 radical (unpaired) electrons. The molecule has 0 bridgehead atoms. The molecule has 30 heavy (non-hydrogen) atoms. The molecule has 1 heterocycles. The SMILES string of the molecule is CS(=O)(=O)c1ccc(CCCCC2CCN(C(=O)Oc3ccc(F)cc3)CC2)cc1. The monoisotopic (exact) mass is 433 g/mol. The summed E-state index contributed by atoms with van der Waals surface area (Å²) in [6.07, 6.45) is 7.00. The number of nitrogens with zero attached hydrogens (tertiary/aromatic N) is 1. The number of carbonyl (C=O) groups excluding carboxylic acids is 1. The van der Waals surface area contributed by atoms with Crippen molar-refractivity contribution in [2.75, 3.05) is 19.3 Å². The van der Waals surface area contributed by atoms with Gasteiger partial charge in [-0.15, -0.1) is 0 Å². The number of hydrogen-bond donors (Lipinski definition) is 0. The van der Waals surface area contributed by atoms with Gasteiger partial charge in [0, 0.05) is 19.3 Å². The summed E-state index contributed by atoms with van der Waals surface area (Å²) in [7, 11) is -3.14. The average molecular weight is 434 g/mol. The highest BCUT2D eigenvalue weighted by Crippen LogP contribution is 2.24. The molecule has 0 aliphatic carbocycles. The Morgan fingerprint density at radius 2 is 1.67 bits per heavy atom. The van der Waals surface area contributed by atoms with Gasteiger partial charge in [-0.2, -0.15) is 0 Å². The van der Waals surface area contributed by atoms with E-state index >= 15 is 0 Å². The van der Waals surface area contributed by atoms with Gasteiger partial charge < -0.3 is 9.64 Å². The molecular formula is C23H28FNO4S. The second-order valence-corrected chi connectivity index (χ2v) is 9.93. The quantitative estimate of drug-likeness (QED) is 0.586. The number of halogens is 1. The van der Waals surface area contributed by atoms with Crippen molar-refractivity contribution in [3.63, 3.8) is 0 Å². The van der Waals surface area contributed by atoms with Crippen LogP contribution in [0.4, 0.5) is 9.18 Å². The topological polar surface area (TPSA) is 63.7 Å². The Hall–Kier alpha value is -2.41. The summed E-state index contributed by atoms with van der Waals surface area (Å²) < 4.78 is 41.2. The maximum absolute atomic E-state index is 12.9. The number of unbranched alkanes of at least 4 members (excludes halogenated alkanes) is 1. The third kappa shape index (κ3) is 6.55. The van der Waals surface area contributed by atoms with E-state index in [4.69, 9.17) is 4.74 Å². The number of hydrogen-bond acceptors (Lipinski definition) is 4. The molecule has 1 saturated heterocycles. The molecule has 0 atom stereocenters. The van der Waals surface area contributed by atoms with E-state index < -0.39 is 9.84 Å². The molecule has 162 valence electrons. The number of ether oxygens (including phenoxy) is 1. The zero-order valence-corrected chi connectivity index (χ0v) is 18.0. The second-order valence-electron chi connectivity index (χ2n) is 7.91. The van der Waals surface area contributed by atoms with Crippen molar-refractivity contribution in [2.45, 2.75) is 43.4 Å². The lowest BCUT2D eigenvalue weighted by molar-refractivity contribution is 0.129. The average Bonchev–Trinajstić information content (AvgIpc) is 2.73. The van der Waals surface area contributed by atoms with Gasteiger partial charge in [0.15, 0.2) is 9.84 Å². The van der Waals surface area contributed by atoms with E-state index in [0.29, 0.717) is 29.7 Å². The van der Waals surface area contributed by atoms with Crippen molar-refractivity contribution in [2.24, 2.45) is 5.92 Å². The summed E-state index contributed by atoms with van der Waals surface area (Å²) in [5.41, 5.74) is 1.15. The molecule has 1 amide bonds. The van der Waals surface area contributed by atoms with Crippen LogP contribution in [0.25, 0.3) is 0 Å². The second kappa shape index (κ2) is 10.1. The van der Waals surface area contributed by atoms with Gasteiger partial charge in [-0.1, -0.05) is 25.0 Å². The third-order valence-electron chi connectivity index (χ3n) is 5.57. The van der Waals surface area contributed by atoms with E-state index in [9.17, 15) is 17.6 Å². The van der Waals surface area contributed by atoms with Gasteiger partial charge in [-0.25, -0.2) is 17.6 Å². The fourth-order valence-electron chi connectivity index (χ4n) is 3.74. The van der Waals surface area contributed by atoms with E-state index in [1.54, 1.807) is 17.0 Å². The summed E-state index contributed by atoms with van der Waals surface area (Å²) in [5.74, 6) is 0.599. The fourth-order valence-corrected chi connectivity index (χ4v) is 4.37. The summed E-state index contributed by atoms with van der Waals surface area (Å²) >= 11 is 0. The number of aryl methyl sites for hydroxylation is 1. The van der Waals surface area contributed by atoms with Crippen LogP contribution in [0.15, 0.2) is 53.4 Å². The number of sulfone groups is 1. The first-order valence-corrected chi connectivity index (χ1v) is 12.2. The predicted octanol–water partition coefficient (Wildman–Crippen LogP) is 4.85. The van der Waals surface area contributed by atoms with Crippen molar-refractivity contribution in [3.05, 3.63) is 59.9 Å². The molecular weight excluding hydrogens is 405 g/mol. The number of likely N-dealkylation sites (tertiary alicyclic amines) is 1. The first kappa shape index (κ1) is 22.3. The summed E-state index contributed by atoms with van der Waals surface area (Å²) in [4.78, 5) is 14.3. The largest absolute Gasteiger partial charge is 0.415 e. The normalized spacial score (nSPS) is 15.2. The molecule has 0 spiro atoms. The van der Waals surface area contributed by atoms with Crippen LogP contribution < -0.4 is 4.74 Å². The number of carbonyl (C=O) groups is 1. The first-order valence-electron chi connectivity index (χ1n) is 10.3. The van der Waals surface area contributed by atoms with Gasteiger partial charge >= 0.3 is 6.09 Å². The molecule has 2 aromatic rings. The Labute approximate surface area is 177 Å². The van der Waals surface area contributed by atoms with Crippen LogP contribution in [0, 0.1) is 11.7 Å². The van der Waals surface area contributed by atoms with Crippen molar-refractivity contribution >= 4 is 15.9 Å². The maximum atomic E-state index is 12.9. The van der Waals surface area contributed by atoms with Gasteiger partial charge in [-0.3, -0.25) is 0 Å². The predicted molar refractivity (Wildman–Crippen MR) is 114 cm³/mol. The number of benzene rings is 2. The van der Waals surface area contributed by atoms with Crippen molar-refractivity contribution in [1.29, 1.82) is 0 Å². The zero-order chi connectivity index (χ0) is 21.6. The standard InChI is InChI=1S/C23H28FNO4S/c1-30(27,28)22-12-6-18(7-13-22)4-2-3-5-19-14-16-25(17-15-19)23(26)29-21-10-8-20(24)9-11-21/h6-13,19H,2-5,14-17H2,1H3. The lowest BCUT2D eigenvalue weighted by atomic mass is 9.91. The Morgan fingerprint density at radius 3 is 2.27 bits per heavy atom. The minimum atomic E-state index is -3.14. The Kier molecular flexibility index (Phi) is 7.48. The Balaban J connectivity index is 1.34. The minimum absolute atomic E-state index is 0.355. The van der Waals surface area contributed by atoms with E-state index in [1.165, 1.54) is 30.5 Å². The van der Waals surface area contributed by atoms with E-state index in [0.717, 1.165) is 44.1 Å². The van der Waals surface area contributed by atoms with E-state index in [-0.39, 0.29) is 11.9 Å². The van der Waals surface area contributed by atoms with Crippen molar-refractivity contribution < 1.29 is 22.3 Å². The van der Waals surface area contributed by atoms with Crippen LogP contribution in [0.2, 0.25) is 0 Å². The molecule has 1 aliphatic rings. The van der Waals surface area contributed by atoms with Crippen molar-refractivity contribution in [3.8, 4) is 5.75 Å². The molecule has 2 aromatic carbocycles. The lowest BCUT2D eigenvalue weighted by Crippen LogP contribution is -2.40. The molecule has 0 unspecified atom stereocenters. The van der Waals surface area contributed by atoms with Crippen LogP contribution in [0.1, 0.15) is 37.7 Å². The highest BCUT2D eigenvalue weighted by molar-refractivity contribution is 7.90. The zero-order valence-electron chi connectivity index (χ0n) is 17.2. The number of amides is 1. The van der Waals surface area contributed by atoms with Gasteiger partial charge in [0.1, 0.15) is 11.6 Å². The number of piperidine rings is 1. The van der Waals surface area contributed by atoms with E-state index in [1.807, 2.05) is 12.1 Å². The fraction of sp³-hybridized carbons (Fsp3) is 0.435. The third-order valence-corrected chi connectivity index (χ3v) is 6.70. The van der Waals surface area contributed by atoms with Crippen LogP contribution in [-0.2, 0) is 16.3 Å². The highest BCUT2D eigenvalue weighted by Gasteiger charge is 2.23. The molecule has 1 aliphatic heterocycles. The van der Waals surface area contributed by atoms with Gasteiger partial charge in [0.25, 0.3) is 0 Å². The van der Waals surface area contributed by atoms with Crippen molar-refractivity contribution in [1.82, 2.24) is 4.90 Å². The molecule has 7 heteroatoms. The summed E-state index contributed by atoms with van der Waals surface area (Å²) in [6.45, 7) is 1.36. The van der Waals surface area contributed by atoms with Crippen LogP contribution in [-0.4, -0.2) is 38.8 Å². The number of rotatable bonds is 7. The van der Waals surface area contributed by atoms with Gasteiger partial charge in [0.2, 0.25) is 0 Å². The first-order chi connectivity index (χ1) is 14.3. The highest BCUT2D eigenvalue weighted by atomic mass is 32.2. The minimum Gasteiger partial charge on any atom is -0.410 e. The molecule has 0 aromatic heterocycles. The molecule has 1 fully saturated rings. The van der Waals surface area contributed by atoms with Gasteiger partial charge in [0.05, 0.1) is 4.90 Å². The van der Waals surface area contributed by atoms with Crippen LogP contribution >= 0.6 is 0 Å². The summed E-state index contributed by atoms with van der Waals surface area (Å²) in [5, 5.41) is 0. The van der Waals surface area contributed by atoms with Crippen LogP contribution in [0.3, 0.4) is 0 Å². The molecule has 0 saturated carbocycles. The van der Waals surface area contributed by atoms with E-state index in [2.05, 4.69) is 0 Å². The summed E-state index contributed by atoms with van der Waals surface area (Å²) in [6, 6.07) is 12.6. The molecule has 0 N–H and O–H groups in total. The Morgan fingerprint density at radius 1 is 1.03 bits per heavy atom. The molecule has 3 rings (SSSR count). The molecule has 5 nitrogen and oxygen atoms in total. The van der Waals surface area contributed by atoms with Gasteiger partial charge in [-0.05, 0) is 73.6 Å². The lowest BCUT2D eigenvalue weighted by Gasteiger charge is -2.31. The van der Waals surface area contributed by atoms with Crippen LogP contribution in [0.5, 0.6) is 5.75 Å². The maximum Gasteiger partial charge on any atom is 0.415 e. The smallest absolute Gasteiger partial charge is 0.410 e. The Bertz CT molecular complexity index is 934.